The third-order valence-corrected chi connectivity index (χ3v) is 2.81. The third-order valence-electron chi connectivity index (χ3n) is 2.31. The van der Waals surface area contributed by atoms with Gasteiger partial charge in [0.1, 0.15) is 6.33 Å². The molecule has 1 heterocycles. The molecule has 100 valence electrons. The van der Waals surface area contributed by atoms with Gasteiger partial charge < -0.3 is 14.8 Å². The van der Waals surface area contributed by atoms with Crippen molar-refractivity contribution in [2.24, 2.45) is 0 Å². The lowest BCUT2D eigenvalue weighted by molar-refractivity contribution is 0.360. The number of rotatable bonds is 4. The van der Waals surface area contributed by atoms with Crippen LogP contribution in [0, 0.1) is 5.82 Å². The average molecular weight is 328 g/mol. The van der Waals surface area contributed by atoms with E-state index in [0.717, 1.165) is 0 Å². The summed E-state index contributed by atoms with van der Waals surface area (Å²) in [5, 5.41) is 2.84. The molecule has 5 nitrogen and oxygen atoms in total. The maximum Gasteiger partial charge on any atom is 0.268 e. The molecule has 1 aromatic carbocycles. The van der Waals surface area contributed by atoms with Gasteiger partial charge >= 0.3 is 0 Å². The van der Waals surface area contributed by atoms with Crippen molar-refractivity contribution in [3.05, 3.63) is 34.8 Å². The molecule has 0 atom stereocenters. The number of methoxy groups -OCH3 is 1. The van der Waals surface area contributed by atoms with E-state index in [1.165, 1.54) is 25.6 Å². The number of nitrogens with zero attached hydrogens (tertiary/aromatic N) is 2. The quantitative estimate of drug-likeness (QED) is 0.934. The number of ether oxygens (including phenoxy) is 2. The summed E-state index contributed by atoms with van der Waals surface area (Å²) < 4.78 is 24.9. The monoisotopic (exact) mass is 327 g/mol. The summed E-state index contributed by atoms with van der Waals surface area (Å²) in [4.78, 5) is 7.92. The molecule has 0 aliphatic carbocycles. The van der Waals surface area contributed by atoms with Crippen molar-refractivity contribution >= 4 is 21.7 Å². The Bertz CT molecular complexity index is 595. The molecule has 0 aliphatic rings. The van der Waals surface area contributed by atoms with Gasteiger partial charge in [-0.3, -0.25) is 0 Å². The van der Waals surface area contributed by atoms with Crippen LogP contribution in [0.1, 0.15) is 0 Å². The van der Waals surface area contributed by atoms with E-state index in [2.05, 4.69) is 31.2 Å². The second-order valence-corrected chi connectivity index (χ2v) is 4.40. The molecule has 2 rings (SSSR count). The molecule has 19 heavy (non-hydrogen) atoms. The Hall–Kier alpha value is -1.89. The van der Waals surface area contributed by atoms with Crippen LogP contribution in [0.5, 0.6) is 17.4 Å². The molecule has 0 unspecified atom stereocenters. The molecular weight excluding hydrogens is 317 g/mol. The van der Waals surface area contributed by atoms with Crippen LogP contribution in [0.4, 0.5) is 10.2 Å². The highest BCUT2D eigenvalue weighted by atomic mass is 79.9. The van der Waals surface area contributed by atoms with Gasteiger partial charge in [0, 0.05) is 11.5 Å². The van der Waals surface area contributed by atoms with Crippen LogP contribution < -0.4 is 14.8 Å². The van der Waals surface area contributed by atoms with Gasteiger partial charge in [-0.05, 0) is 18.2 Å². The lowest BCUT2D eigenvalue weighted by Gasteiger charge is -2.12. The van der Waals surface area contributed by atoms with E-state index in [-0.39, 0.29) is 11.6 Å². The molecular formula is C12H11BrFN3O2. The zero-order chi connectivity index (χ0) is 13.8. The fourth-order valence-electron chi connectivity index (χ4n) is 1.45. The van der Waals surface area contributed by atoms with Gasteiger partial charge in [-0.1, -0.05) is 15.9 Å². The summed E-state index contributed by atoms with van der Waals surface area (Å²) in [6.07, 6.45) is 1.31. The first-order valence-electron chi connectivity index (χ1n) is 5.35. The molecule has 0 saturated carbocycles. The molecule has 0 fully saturated rings. The largest absolute Gasteiger partial charge is 0.489 e. The molecule has 2 aromatic rings. The van der Waals surface area contributed by atoms with Crippen molar-refractivity contribution in [1.82, 2.24) is 9.97 Å². The van der Waals surface area contributed by atoms with Crippen LogP contribution >= 0.6 is 15.9 Å². The van der Waals surface area contributed by atoms with Crippen LogP contribution in [0.15, 0.2) is 29.0 Å². The maximum absolute atomic E-state index is 13.7. The van der Waals surface area contributed by atoms with Crippen LogP contribution in [0.25, 0.3) is 0 Å². The van der Waals surface area contributed by atoms with Crippen molar-refractivity contribution in [2.45, 2.75) is 0 Å². The van der Waals surface area contributed by atoms with Crippen LogP contribution in [0.3, 0.4) is 0 Å². The predicted octanol–water partition coefficient (Wildman–Crippen LogP) is 3.22. The minimum absolute atomic E-state index is 0.0576. The first-order chi connectivity index (χ1) is 9.15. The fourth-order valence-corrected chi connectivity index (χ4v) is 1.79. The number of anilines is 1. The van der Waals surface area contributed by atoms with Gasteiger partial charge in [0.25, 0.3) is 5.88 Å². The van der Waals surface area contributed by atoms with E-state index >= 15 is 0 Å². The normalized spacial score (nSPS) is 10.1. The van der Waals surface area contributed by atoms with Crippen molar-refractivity contribution in [1.29, 1.82) is 0 Å². The van der Waals surface area contributed by atoms with E-state index < -0.39 is 5.82 Å². The van der Waals surface area contributed by atoms with Crippen molar-refractivity contribution in [2.75, 3.05) is 19.5 Å². The Labute approximate surface area is 117 Å². The van der Waals surface area contributed by atoms with Crippen molar-refractivity contribution < 1.29 is 13.9 Å². The minimum atomic E-state index is -0.499. The zero-order valence-electron chi connectivity index (χ0n) is 10.3. The highest BCUT2D eigenvalue weighted by molar-refractivity contribution is 9.10. The maximum atomic E-state index is 13.7. The van der Waals surface area contributed by atoms with Crippen LogP contribution in [0.2, 0.25) is 0 Å². The Kier molecular flexibility index (Phi) is 4.16. The van der Waals surface area contributed by atoms with E-state index in [4.69, 9.17) is 9.47 Å². The van der Waals surface area contributed by atoms with E-state index in [1.54, 1.807) is 13.1 Å². The summed E-state index contributed by atoms with van der Waals surface area (Å²) in [7, 11) is 3.15. The number of aromatic nitrogens is 2. The van der Waals surface area contributed by atoms with E-state index in [1.807, 2.05) is 0 Å². The average Bonchev–Trinajstić information content (AvgIpc) is 2.41. The van der Waals surface area contributed by atoms with E-state index in [9.17, 15) is 4.39 Å². The molecule has 0 aliphatic heterocycles. The second-order valence-electron chi connectivity index (χ2n) is 3.49. The predicted molar refractivity (Wildman–Crippen MR) is 72.3 cm³/mol. The van der Waals surface area contributed by atoms with Gasteiger partial charge in [-0.25, -0.2) is 9.37 Å². The molecule has 1 N–H and O–H groups in total. The number of halogens is 2. The summed E-state index contributed by atoms with van der Waals surface area (Å²) in [5.41, 5.74) is 0. The SMILES string of the molecule is CNc1ncnc(Oc2ccc(Br)cc2F)c1OC. The molecule has 0 saturated heterocycles. The van der Waals surface area contributed by atoms with Gasteiger partial charge in [-0.15, -0.1) is 0 Å². The molecule has 0 radical (unpaired) electrons. The lowest BCUT2D eigenvalue weighted by Crippen LogP contribution is -2.01. The van der Waals surface area contributed by atoms with Gasteiger partial charge in [-0.2, -0.15) is 4.98 Å². The Morgan fingerprint density at radius 2 is 2.11 bits per heavy atom. The summed E-state index contributed by atoms with van der Waals surface area (Å²) in [5.74, 6) is 0.476. The lowest BCUT2D eigenvalue weighted by atomic mass is 10.3. The molecule has 0 spiro atoms. The van der Waals surface area contributed by atoms with Crippen LogP contribution in [-0.4, -0.2) is 24.1 Å². The van der Waals surface area contributed by atoms with Crippen molar-refractivity contribution in [3.63, 3.8) is 0 Å². The first-order valence-corrected chi connectivity index (χ1v) is 6.14. The minimum Gasteiger partial charge on any atom is -0.489 e. The summed E-state index contributed by atoms with van der Waals surface area (Å²) >= 11 is 3.18. The third kappa shape index (κ3) is 2.93. The molecule has 7 heteroatoms. The number of hydrogen-bond donors (Lipinski definition) is 1. The number of hydrogen-bond acceptors (Lipinski definition) is 5. The van der Waals surface area contributed by atoms with Gasteiger partial charge in [0.2, 0.25) is 5.75 Å². The smallest absolute Gasteiger partial charge is 0.268 e. The number of benzene rings is 1. The highest BCUT2D eigenvalue weighted by Crippen LogP contribution is 2.35. The number of nitrogens with one attached hydrogen (secondary N) is 1. The van der Waals surface area contributed by atoms with Gasteiger partial charge in [0.05, 0.1) is 7.11 Å². The fraction of sp³-hybridized carbons (Fsp3) is 0.167. The second kappa shape index (κ2) is 5.83. The Balaban J connectivity index is 2.37. The van der Waals surface area contributed by atoms with E-state index in [0.29, 0.717) is 16.0 Å². The Morgan fingerprint density at radius 1 is 1.32 bits per heavy atom. The first kappa shape index (κ1) is 13.5. The molecule has 0 amide bonds. The van der Waals surface area contributed by atoms with Crippen LogP contribution in [-0.2, 0) is 0 Å². The Morgan fingerprint density at radius 3 is 2.74 bits per heavy atom. The molecule has 0 bridgehead atoms. The standard InChI is InChI=1S/C12H11BrFN3O2/c1-15-11-10(18-2)12(17-6-16-11)19-9-4-3-7(13)5-8(9)14/h3-6H,1-2H3,(H,15,16,17). The zero-order valence-corrected chi connectivity index (χ0v) is 11.9. The topological polar surface area (TPSA) is 56.3 Å². The van der Waals surface area contributed by atoms with Gasteiger partial charge in [0.15, 0.2) is 17.4 Å². The summed E-state index contributed by atoms with van der Waals surface area (Å²) in [6, 6.07) is 4.48. The van der Waals surface area contributed by atoms with Crippen molar-refractivity contribution in [3.8, 4) is 17.4 Å². The molecule has 1 aromatic heterocycles. The summed E-state index contributed by atoms with van der Waals surface area (Å²) in [6.45, 7) is 0. The highest BCUT2D eigenvalue weighted by Gasteiger charge is 2.15.